The normalized spacial score (nSPS) is 11.8. The first kappa shape index (κ1) is 19.9. The Kier molecular flexibility index (Phi) is 7.63. The Bertz CT molecular complexity index is 718. The Morgan fingerprint density at radius 3 is 2.31 bits per heavy atom. The maximum absolute atomic E-state index is 12.3. The molecule has 26 heavy (non-hydrogen) atoms. The molecule has 3 N–H and O–H groups in total. The van der Waals surface area contributed by atoms with Gasteiger partial charge in [-0.2, -0.15) is 0 Å². The Hall–Kier alpha value is -2.37. The highest BCUT2D eigenvalue weighted by molar-refractivity contribution is 6.30. The van der Waals surface area contributed by atoms with Crippen LogP contribution in [0.5, 0.6) is 0 Å². The molecule has 1 atom stereocenters. The van der Waals surface area contributed by atoms with Crippen LogP contribution in [-0.4, -0.2) is 39.0 Å². The Labute approximate surface area is 159 Å². The summed E-state index contributed by atoms with van der Waals surface area (Å²) in [6.45, 7) is 1.07. The minimum absolute atomic E-state index is 0.0549. The van der Waals surface area contributed by atoms with Crippen LogP contribution in [0.4, 0.5) is 0 Å². The van der Waals surface area contributed by atoms with Crippen molar-refractivity contribution in [1.82, 2.24) is 10.6 Å². The van der Waals surface area contributed by atoms with Crippen molar-refractivity contribution in [3.8, 4) is 0 Å². The van der Waals surface area contributed by atoms with Gasteiger partial charge in [0, 0.05) is 23.6 Å². The fourth-order valence-electron chi connectivity index (χ4n) is 2.61. The Morgan fingerprint density at radius 1 is 1.04 bits per heavy atom. The molecule has 6 heteroatoms. The van der Waals surface area contributed by atoms with E-state index in [9.17, 15) is 9.59 Å². The molecule has 0 aromatic heterocycles. The molecule has 0 fully saturated rings. The summed E-state index contributed by atoms with van der Waals surface area (Å²) >= 11 is 5.81. The zero-order valence-electron chi connectivity index (χ0n) is 15.1. The number of likely N-dealkylation sites (N-methyl/N-ethyl adjacent to an activating group) is 1. The zero-order valence-corrected chi connectivity index (χ0v) is 15.8. The van der Waals surface area contributed by atoms with E-state index in [0.29, 0.717) is 10.6 Å². The zero-order chi connectivity index (χ0) is 18.9. The van der Waals surface area contributed by atoms with Gasteiger partial charge in [0.25, 0.3) is 5.91 Å². The molecule has 0 aliphatic heterocycles. The predicted molar refractivity (Wildman–Crippen MR) is 103 cm³/mol. The number of carbonyl (C=O) groups is 2. The van der Waals surface area contributed by atoms with Crippen molar-refractivity contribution in [2.45, 2.75) is 12.5 Å². The first-order chi connectivity index (χ1) is 12.5. The molecule has 0 saturated heterocycles. The third kappa shape index (κ3) is 6.50. The molecule has 138 valence electrons. The summed E-state index contributed by atoms with van der Waals surface area (Å²) in [5.74, 6) is -0.302. The quantitative estimate of drug-likeness (QED) is 0.655. The van der Waals surface area contributed by atoms with Gasteiger partial charge in [-0.15, -0.1) is 0 Å². The highest BCUT2D eigenvalue weighted by Gasteiger charge is 2.17. The van der Waals surface area contributed by atoms with E-state index in [0.717, 1.165) is 12.1 Å². The van der Waals surface area contributed by atoms with Crippen molar-refractivity contribution in [3.63, 3.8) is 0 Å². The Balaban J connectivity index is 1.84. The lowest BCUT2D eigenvalue weighted by Crippen LogP contribution is -3.06. The lowest BCUT2D eigenvalue weighted by molar-refractivity contribution is -0.860. The van der Waals surface area contributed by atoms with E-state index in [4.69, 9.17) is 11.6 Å². The van der Waals surface area contributed by atoms with Gasteiger partial charge in [-0.25, -0.2) is 0 Å². The summed E-state index contributed by atoms with van der Waals surface area (Å²) in [6.07, 6.45) is 0.228. The average Bonchev–Trinajstić information content (AvgIpc) is 2.62. The molecule has 2 aromatic rings. The van der Waals surface area contributed by atoms with Crippen molar-refractivity contribution in [1.29, 1.82) is 0 Å². The van der Waals surface area contributed by atoms with E-state index < -0.39 is 0 Å². The summed E-state index contributed by atoms with van der Waals surface area (Å²) < 4.78 is 0. The monoisotopic (exact) mass is 374 g/mol. The molecule has 0 spiro atoms. The van der Waals surface area contributed by atoms with Crippen molar-refractivity contribution in [2.24, 2.45) is 0 Å². The summed E-state index contributed by atoms with van der Waals surface area (Å²) in [7, 11) is 4.10. The second-order valence-electron chi connectivity index (χ2n) is 6.45. The third-order valence-corrected chi connectivity index (χ3v) is 4.15. The van der Waals surface area contributed by atoms with E-state index in [1.807, 2.05) is 30.3 Å². The minimum atomic E-state index is -0.216. The molecule has 2 amide bonds. The molecular weight excluding hydrogens is 350 g/mol. The summed E-state index contributed by atoms with van der Waals surface area (Å²) in [5.41, 5.74) is 1.60. The van der Waals surface area contributed by atoms with Crippen LogP contribution in [0.15, 0.2) is 54.6 Å². The van der Waals surface area contributed by atoms with E-state index in [1.165, 1.54) is 4.90 Å². The number of hydrogen-bond donors (Lipinski definition) is 3. The van der Waals surface area contributed by atoms with Crippen molar-refractivity contribution >= 4 is 23.4 Å². The summed E-state index contributed by atoms with van der Waals surface area (Å²) in [6, 6.07) is 16.5. The van der Waals surface area contributed by atoms with Crippen LogP contribution < -0.4 is 15.5 Å². The number of quaternary nitrogens is 1. The van der Waals surface area contributed by atoms with Gasteiger partial charge in [0.1, 0.15) is 12.6 Å². The molecule has 0 radical (unpaired) electrons. The van der Waals surface area contributed by atoms with Crippen LogP contribution in [0.2, 0.25) is 5.02 Å². The van der Waals surface area contributed by atoms with Gasteiger partial charge < -0.3 is 15.5 Å². The van der Waals surface area contributed by atoms with Gasteiger partial charge in [-0.1, -0.05) is 41.9 Å². The number of carbonyl (C=O) groups excluding carboxylic acids is 2. The van der Waals surface area contributed by atoms with Gasteiger partial charge in [0.15, 0.2) is 0 Å². The lowest BCUT2D eigenvalue weighted by atomic mass is 10.1. The number of halogens is 1. The standard InChI is InChI=1S/C20H24ClN3O2/c1-24(2)14-18(15-6-4-3-5-7-15)23-19(25)12-13-22-20(26)16-8-10-17(21)11-9-16/h3-11,18H,12-14H2,1-2H3,(H,22,26)(H,23,25)/p+1/t18-/m0/s1. The molecule has 5 nitrogen and oxygen atoms in total. The van der Waals surface area contributed by atoms with Crippen LogP contribution in [0.25, 0.3) is 0 Å². The van der Waals surface area contributed by atoms with Gasteiger partial charge in [0.05, 0.1) is 14.1 Å². The predicted octanol–water partition coefficient (Wildman–Crippen LogP) is 1.46. The van der Waals surface area contributed by atoms with E-state index in [-0.39, 0.29) is 30.8 Å². The first-order valence-electron chi connectivity index (χ1n) is 8.63. The lowest BCUT2D eigenvalue weighted by Gasteiger charge is -2.21. The van der Waals surface area contributed by atoms with E-state index in [2.05, 4.69) is 24.7 Å². The fraction of sp³-hybridized carbons (Fsp3) is 0.300. The van der Waals surface area contributed by atoms with Crippen molar-refractivity contribution < 1.29 is 14.5 Å². The smallest absolute Gasteiger partial charge is 0.251 e. The molecule has 2 aromatic carbocycles. The van der Waals surface area contributed by atoms with Gasteiger partial charge >= 0.3 is 0 Å². The van der Waals surface area contributed by atoms with Crippen LogP contribution in [-0.2, 0) is 4.79 Å². The molecule has 0 aliphatic carbocycles. The highest BCUT2D eigenvalue weighted by Crippen LogP contribution is 2.11. The van der Waals surface area contributed by atoms with Crippen LogP contribution in [0.1, 0.15) is 28.4 Å². The largest absolute Gasteiger partial charge is 0.352 e. The van der Waals surface area contributed by atoms with Gasteiger partial charge in [0.2, 0.25) is 5.91 Å². The summed E-state index contributed by atoms with van der Waals surface area (Å²) in [4.78, 5) is 25.6. The number of hydrogen-bond acceptors (Lipinski definition) is 2. The molecule has 2 rings (SSSR count). The van der Waals surface area contributed by atoms with Gasteiger partial charge in [-0.3, -0.25) is 9.59 Å². The highest BCUT2D eigenvalue weighted by atomic mass is 35.5. The Morgan fingerprint density at radius 2 is 1.69 bits per heavy atom. The SMILES string of the molecule is C[NH+](C)C[C@H](NC(=O)CCNC(=O)c1ccc(Cl)cc1)c1ccccc1. The molecule has 0 bridgehead atoms. The van der Waals surface area contributed by atoms with Crippen LogP contribution in [0.3, 0.4) is 0 Å². The maximum atomic E-state index is 12.3. The number of benzene rings is 2. The van der Waals surface area contributed by atoms with Crippen LogP contribution in [0, 0.1) is 0 Å². The summed E-state index contributed by atoms with van der Waals surface area (Å²) in [5, 5.41) is 6.39. The van der Waals surface area contributed by atoms with Crippen molar-refractivity contribution in [2.75, 3.05) is 27.2 Å². The third-order valence-electron chi connectivity index (χ3n) is 3.89. The molecular formula is C20H25ClN3O2+. The second kappa shape index (κ2) is 9.94. The van der Waals surface area contributed by atoms with Gasteiger partial charge in [-0.05, 0) is 29.8 Å². The minimum Gasteiger partial charge on any atom is -0.352 e. The number of amides is 2. The second-order valence-corrected chi connectivity index (χ2v) is 6.89. The van der Waals surface area contributed by atoms with Crippen molar-refractivity contribution in [3.05, 3.63) is 70.7 Å². The molecule has 0 aliphatic rings. The first-order valence-corrected chi connectivity index (χ1v) is 9.00. The molecule has 0 heterocycles. The fourth-order valence-corrected chi connectivity index (χ4v) is 2.73. The topological polar surface area (TPSA) is 62.6 Å². The maximum Gasteiger partial charge on any atom is 0.251 e. The molecule has 0 saturated carbocycles. The number of rotatable bonds is 8. The van der Waals surface area contributed by atoms with E-state index in [1.54, 1.807) is 24.3 Å². The van der Waals surface area contributed by atoms with E-state index >= 15 is 0 Å². The number of nitrogens with one attached hydrogen (secondary N) is 3. The van der Waals surface area contributed by atoms with Crippen LogP contribution >= 0.6 is 11.6 Å². The average molecular weight is 375 g/mol. The molecule has 0 unspecified atom stereocenters.